The molecule has 2 heterocycles. The minimum atomic E-state index is -1.04. The summed E-state index contributed by atoms with van der Waals surface area (Å²) < 4.78 is 0. The average Bonchev–Trinajstić information content (AvgIpc) is 2.70. The fraction of sp³-hybridized carbons (Fsp3) is 0.786. The van der Waals surface area contributed by atoms with Gasteiger partial charge >= 0.3 is 12.1 Å². The van der Waals surface area contributed by atoms with Crippen LogP contribution in [0, 0.1) is 0 Å². The summed E-state index contributed by atoms with van der Waals surface area (Å²) in [5.74, 6) is -0.231. The molecule has 116 valence electrons. The van der Waals surface area contributed by atoms with Crippen molar-refractivity contribution in [2.45, 2.75) is 56.5 Å². The number of piperidine rings is 1. The SMILES string of the molecule is O=C(O)N1CCCC2(C1)NC(=O)N(C1CCCCC1)C2=O. The Hall–Kier alpha value is -1.79. The first-order valence-corrected chi connectivity index (χ1v) is 7.67. The van der Waals surface area contributed by atoms with E-state index < -0.39 is 11.6 Å². The molecule has 21 heavy (non-hydrogen) atoms. The van der Waals surface area contributed by atoms with Crippen LogP contribution in [0.5, 0.6) is 0 Å². The largest absolute Gasteiger partial charge is 0.465 e. The Morgan fingerprint density at radius 2 is 1.90 bits per heavy atom. The molecule has 4 amide bonds. The Morgan fingerprint density at radius 1 is 1.19 bits per heavy atom. The van der Waals surface area contributed by atoms with Crippen molar-refractivity contribution >= 4 is 18.0 Å². The summed E-state index contributed by atoms with van der Waals surface area (Å²) in [6.45, 7) is 0.486. The number of hydrogen-bond donors (Lipinski definition) is 2. The third-order valence-corrected chi connectivity index (χ3v) is 4.90. The lowest BCUT2D eigenvalue weighted by molar-refractivity contribution is -0.134. The molecule has 2 N–H and O–H groups in total. The number of carboxylic acid groups (broad SMARTS) is 1. The molecule has 1 unspecified atom stereocenters. The first-order chi connectivity index (χ1) is 10.0. The second-order valence-corrected chi connectivity index (χ2v) is 6.29. The normalized spacial score (nSPS) is 30.9. The smallest absolute Gasteiger partial charge is 0.407 e. The van der Waals surface area contributed by atoms with Gasteiger partial charge in [0.2, 0.25) is 0 Å². The van der Waals surface area contributed by atoms with E-state index in [-0.39, 0.29) is 24.5 Å². The summed E-state index contributed by atoms with van der Waals surface area (Å²) >= 11 is 0. The number of likely N-dealkylation sites (tertiary alicyclic amines) is 1. The molecule has 2 saturated heterocycles. The third-order valence-electron chi connectivity index (χ3n) is 4.90. The highest BCUT2D eigenvalue weighted by atomic mass is 16.4. The van der Waals surface area contributed by atoms with Crippen molar-refractivity contribution in [1.82, 2.24) is 15.1 Å². The maximum absolute atomic E-state index is 12.8. The Kier molecular flexibility index (Phi) is 3.51. The second kappa shape index (κ2) is 5.20. The van der Waals surface area contributed by atoms with Crippen LogP contribution in [0.25, 0.3) is 0 Å². The molecule has 2 aliphatic heterocycles. The number of nitrogens with one attached hydrogen (secondary N) is 1. The van der Waals surface area contributed by atoms with E-state index in [1.807, 2.05) is 0 Å². The van der Waals surface area contributed by atoms with E-state index in [2.05, 4.69) is 5.32 Å². The number of nitrogens with zero attached hydrogens (tertiary/aromatic N) is 2. The third kappa shape index (κ3) is 2.34. The summed E-state index contributed by atoms with van der Waals surface area (Å²) in [5.41, 5.74) is -1.04. The van der Waals surface area contributed by atoms with E-state index in [0.29, 0.717) is 19.4 Å². The minimum Gasteiger partial charge on any atom is -0.465 e. The molecule has 3 rings (SSSR count). The van der Waals surface area contributed by atoms with Gasteiger partial charge in [-0.1, -0.05) is 19.3 Å². The van der Waals surface area contributed by atoms with Crippen LogP contribution in [0.2, 0.25) is 0 Å². The number of hydrogen-bond acceptors (Lipinski definition) is 3. The van der Waals surface area contributed by atoms with Gasteiger partial charge in [-0.3, -0.25) is 9.69 Å². The average molecular weight is 295 g/mol. The van der Waals surface area contributed by atoms with E-state index in [0.717, 1.165) is 32.1 Å². The van der Waals surface area contributed by atoms with E-state index in [1.54, 1.807) is 0 Å². The summed E-state index contributed by atoms with van der Waals surface area (Å²) in [7, 11) is 0. The number of imide groups is 1. The van der Waals surface area contributed by atoms with Crippen LogP contribution < -0.4 is 5.32 Å². The zero-order chi connectivity index (χ0) is 15.0. The zero-order valence-electron chi connectivity index (χ0n) is 12.0. The monoisotopic (exact) mass is 295 g/mol. The minimum absolute atomic E-state index is 0.0224. The Balaban J connectivity index is 1.80. The van der Waals surface area contributed by atoms with Crippen LogP contribution in [-0.4, -0.2) is 57.6 Å². The quantitative estimate of drug-likeness (QED) is 0.715. The maximum Gasteiger partial charge on any atom is 0.407 e. The highest BCUT2D eigenvalue weighted by molar-refractivity contribution is 6.07. The van der Waals surface area contributed by atoms with Gasteiger partial charge in [0, 0.05) is 12.6 Å². The molecule has 0 radical (unpaired) electrons. The molecule has 0 aromatic rings. The lowest BCUT2D eigenvalue weighted by Gasteiger charge is -2.37. The van der Waals surface area contributed by atoms with Crippen LogP contribution in [0.4, 0.5) is 9.59 Å². The lowest BCUT2D eigenvalue weighted by atomic mass is 9.88. The van der Waals surface area contributed by atoms with Crippen LogP contribution in [0.1, 0.15) is 44.9 Å². The highest BCUT2D eigenvalue weighted by Crippen LogP contribution is 2.33. The van der Waals surface area contributed by atoms with Gasteiger partial charge in [0.15, 0.2) is 0 Å². The molecule has 7 nitrogen and oxygen atoms in total. The van der Waals surface area contributed by atoms with Gasteiger partial charge in [-0.05, 0) is 25.7 Å². The molecule has 7 heteroatoms. The number of carbonyl (C=O) groups excluding carboxylic acids is 2. The Bertz CT molecular complexity index is 475. The summed E-state index contributed by atoms with van der Waals surface area (Å²) in [5, 5.41) is 11.9. The molecule has 0 aromatic carbocycles. The maximum atomic E-state index is 12.8. The predicted octanol–water partition coefficient (Wildman–Crippen LogP) is 1.38. The van der Waals surface area contributed by atoms with Crippen molar-refractivity contribution in [3.63, 3.8) is 0 Å². The number of urea groups is 1. The Morgan fingerprint density at radius 3 is 2.57 bits per heavy atom. The fourth-order valence-corrected chi connectivity index (χ4v) is 3.81. The van der Waals surface area contributed by atoms with Crippen LogP contribution in [-0.2, 0) is 4.79 Å². The number of amides is 4. The molecule has 1 saturated carbocycles. The molecule has 3 aliphatic rings. The molecule has 0 bridgehead atoms. The first-order valence-electron chi connectivity index (χ1n) is 7.67. The van der Waals surface area contributed by atoms with Crippen molar-refractivity contribution in [1.29, 1.82) is 0 Å². The van der Waals surface area contributed by atoms with Crippen LogP contribution >= 0.6 is 0 Å². The van der Waals surface area contributed by atoms with Gasteiger partial charge in [0.1, 0.15) is 5.54 Å². The molecule has 1 spiro atoms. The van der Waals surface area contributed by atoms with E-state index in [1.165, 1.54) is 9.80 Å². The van der Waals surface area contributed by atoms with Gasteiger partial charge < -0.3 is 15.3 Å². The van der Waals surface area contributed by atoms with Crippen molar-refractivity contribution < 1.29 is 19.5 Å². The van der Waals surface area contributed by atoms with Crippen molar-refractivity contribution in [3.8, 4) is 0 Å². The topological polar surface area (TPSA) is 89.9 Å². The molecular weight excluding hydrogens is 274 g/mol. The standard InChI is InChI=1S/C14H21N3O4/c18-11-14(7-4-8-16(9-14)13(20)21)15-12(19)17(11)10-5-2-1-3-6-10/h10H,1-9H2,(H,15,19)(H,20,21). The van der Waals surface area contributed by atoms with Gasteiger partial charge in [0.05, 0.1) is 6.54 Å². The zero-order valence-corrected chi connectivity index (χ0v) is 12.0. The predicted molar refractivity (Wildman–Crippen MR) is 73.8 cm³/mol. The first kappa shape index (κ1) is 14.2. The molecule has 1 aliphatic carbocycles. The second-order valence-electron chi connectivity index (χ2n) is 6.29. The number of carbonyl (C=O) groups is 3. The van der Waals surface area contributed by atoms with Crippen LogP contribution in [0.3, 0.4) is 0 Å². The molecular formula is C14H21N3O4. The van der Waals surface area contributed by atoms with Crippen molar-refractivity contribution in [2.24, 2.45) is 0 Å². The van der Waals surface area contributed by atoms with E-state index in [4.69, 9.17) is 5.11 Å². The molecule has 1 atom stereocenters. The van der Waals surface area contributed by atoms with Gasteiger partial charge in [-0.25, -0.2) is 9.59 Å². The van der Waals surface area contributed by atoms with Gasteiger partial charge in [0.25, 0.3) is 5.91 Å². The fourth-order valence-electron chi connectivity index (χ4n) is 3.81. The summed E-state index contributed by atoms with van der Waals surface area (Å²) in [6, 6.07) is -0.370. The molecule has 3 fully saturated rings. The van der Waals surface area contributed by atoms with Gasteiger partial charge in [-0.15, -0.1) is 0 Å². The van der Waals surface area contributed by atoms with Gasteiger partial charge in [-0.2, -0.15) is 0 Å². The number of rotatable bonds is 1. The molecule has 0 aromatic heterocycles. The summed E-state index contributed by atoms with van der Waals surface area (Å²) in [6.07, 6.45) is 5.02. The van der Waals surface area contributed by atoms with E-state index in [9.17, 15) is 14.4 Å². The van der Waals surface area contributed by atoms with E-state index >= 15 is 0 Å². The van der Waals surface area contributed by atoms with Crippen molar-refractivity contribution in [3.05, 3.63) is 0 Å². The van der Waals surface area contributed by atoms with Crippen molar-refractivity contribution in [2.75, 3.05) is 13.1 Å². The highest BCUT2D eigenvalue weighted by Gasteiger charge is 2.55. The lowest BCUT2D eigenvalue weighted by Crippen LogP contribution is -2.59. The summed E-state index contributed by atoms with van der Waals surface area (Å²) in [4.78, 5) is 38.8. The Labute approximate surface area is 123 Å². The van der Waals surface area contributed by atoms with Crippen LogP contribution in [0.15, 0.2) is 0 Å².